The molecule has 0 aliphatic heterocycles. The second-order valence-electron chi connectivity index (χ2n) is 11.9. The molecule has 0 saturated heterocycles. The standard InChI is InChI=1S/C32H48O5/c1-22(2)9-5-10-23(3)11-6-12-26(21-35)29-25-13-7-16-31(37)17-15-27(24(4)20-34)28(14-8-18-33)32(31,19-25)30(29)36/h6,9,11-12,20,25,28-30,33,35-37H,3,5,7-8,10,13-19,21H2,1-2,4H3. The van der Waals surface area contributed by atoms with Crippen LogP contribution in [0.25, 0.3) is 0 Å². The van der Waals surface area contributed by atoms with Crippen LogP contribution in [0.5, 0.6) is 0 Å². The number of hydrogen-bond donors (Lipinski definition) is 4. The highest BCUT2D eigenvalue weighted by Gasteiger charge is 2.68. The molecule has 0 heterocycles. The molecule has 3 aliphatic carbocycles. The summed E-state index contributed by atoms with van der Waals surface area (Å²) >= 11 is 0. The third kappa shape index (κ3) is 5.95. The summed E-state index contributed by atoms with van der Waals surface area (Å²) in [6, 6.07) is 0. The SMILES string of the molecule is C=C(C=CC=C(CO)C1C2CCCC3(O)CCC(=C(C)C=O)C(CCCO)C3(C2)C1O)CCC=C(C)C. The number of aliphatic hydroxyl groups excluding tert-OH is 3. The molecule has 5 nitrogen and oxygen atoms in total. The molecule has 2 bridgehead atoms. The van der Waals surface area contributed by atoms with E-state index in [0.717, 1.165) is 48.7 Å². The fourth-order valence-corrected chi connectivity index (χ4v) is 7.74. The first kappa shape index (κ1) is 29.8. The smallest absolute Gasteiger partial charge is 0.145 e. The normalized spacial score (nSPS) is 35.2. The monoisotopic (exact) mass is 512 g/mol. The number of rotatable bonds is 11. The molecule has 37 heavy (non-hydrogen) atoms. The summed E-state index contributed by atoms with van der Waals surface area (Å²) in [5, 5.41) is 44.3. The second-order valence-corrected chi connectivity index (χ2v) is 11.9. The van der Waals surface area contributed by atoms with Crippen LogP contribution in [0.2, 0.25) is 0 Å². The lowest BCUT2D eigenvalue weighted by atomic mass is 9.51. The molecule has 206 valence electrons. The van der Waals surface area contributed by atoms with Crippen molar-refractivity contribution in [2.24, 2.45) is 23.2 Å². The minimum atomic E-state index is -1.03. The average molecular weight is 513 g/mol. The van der Waals surface area contributed by atoms with Crippen LogP contribution in [0.4, 0.5) is 0 Å². The summed E-state index contributed by atoms with van der Waals surface area (Å²) < 4.78 is 0. The van der Waals surface area contributed by atoms with Crippen LogP contribution in [0.1, 0.15) is 85.0 Å². The Kier molecular flexibility index (Phi) is 10.3. The van der Waals surface area contributed by atoms with Crippen molar-refractivity contribution < 1.29 is 25.2 Å². The Morgan fingerprint density at radius 3 is 2.59 bits per heavy atom. The van der Waals surface area contributed by atoms with E-state index in [0.29, 0.717) is 44.1 Å². The molecule has 0 aromatic carbocycles. The zero-order valence-corrected chi connectivity index (χ0v) is 23.1. The fourth-order valence-electron chi connectivity index (χ4n) is 7.74. The number of fused-ring (bicyclic) bond motifs is 1. The van der Waals surface area contributed by atoms with Crippen molar-refractivity contribution in [1.29, 1.82) is 0 Å². The topological polar surface area (TPSA) is 98.0 Å². The van der Waals surface area contributed by atoms with Gasteiger partial charge in [-0.05, 0) is 102 Å². The van der Waals surface area contributed by atoms with Crippen molar-refractivity contribution in [2.45, 2.75) is 96.7 Å². The first-order valence-corrected chi connectivity index (χ1v) is 14.1. The molecule has 3 fully saturated rings. The van der Waals surface area contributed by atoms with Gasteiger partial charge in [-0.25, -0.2) is 0 Å². The van der Waals surface area contributed by atoms with Crippen molar-refractivity contribution in [1.82, 2.24) is 0 Å². The molecular formula is C32H48O5. The van der Waals surface area contributed by atoms with E-state index in [1.807, 2.05) is 25.2 Å². The molecule has 1 spiro atoms. The summed E-state index contributed by atoms with van der Waals surface area (Å²) in [5.41, 5.74) is 2.97. The van der Waals surface area contributed by atoms with Gasteiger partial charge in [0.2, 0.25) is 0 Å². The third-order valence-electron chi connectivity index (χ3n) is 9.46. The highest BCUT2D eigenvalue weighted by Crippen LogP contribution is 2.67. The van der Waals surface area contributed by atoms with Crippen LogP contribution in [0.3, 0.4) is 0 Å². The molecule has 0 radical (unpaired) electrons. The number of aliphatic hydroxyl groups is 4. The van der Waals surface area contributed by atoms with Gasteiger partial charge < -0.3 is 20.4 Å². The molecular weight excluding hydrogens is 464 g/mol. The summed E-state index contributed by atoms with van der Waals surface area (Å²) in [6.07, 6.45) is 15.3. The largest absolute Gasteiger partial charge is 0.396 e. The van der Waals surface area contributed by atoms with Gasteiger partial charge in [-0.2, -0.15) is 0 Å². The molecule has 3 aliphatic rings. The van der Waals surface area contributed by atoms with Gasteiger partial charge in [-0.15, -0.1) is 0 Å². The van der Waals surface area contributed by atoms with E-state index < -0.39 is 17.1 Å². The number of carbonyl (C=O) groups is 1. The number of allylic oxidation sites excluding steroid dienone is 8. The van der Waals surface area contributed by atoms with Crippen LogP contribution in [0, 0.1) is 23.2 Å². The highest BCUT2D eigenvalue weighted by molar-refractivity contribution is 5.74. The lowest BCUT2D eigenvalue weighted by Crippen LogP contribution is -2.60. The Bertz CT molecular complexity index is 952. The van der Waals surface area contributed by atoms with Gasteiger partial charge in [-0.1, -0.05) is 54.0 Å². The van der Waals surface area contributed by atoms with Crippen LogP contribution < -0.4 is 0 Å². The van der Waals surface area contributed by atoms with E-state index in [-0.39, 0.29) is 31.0 Å². The predicted molar refractivity (Wildman–Crippen MR) is 149 cm³/mol. The fraction of sp³-hybridized carbons (Fsp3) is 0.656. The molecule has 0 amide bonds. The molecule has 3 saturated carbocycles. The third-order valence-corrected chi connectivity index (χ3v) is 9.46. The maximum absolute atomic E-state index is 12.2. The average Bonchev–Trinajstić information content (AvgIpc) is 3.04. The zero-order chi connectivity index (χ0) is 27.2. The van der Waals surface area contributed by atoms with Crippen molar-refractivity contribution >= 4 is 6.29 Å². The van der Waals surface area contributed by atoms with Crippen molar-refractivity contribution in [2.75, 3.05) is 13.2 Å². The Balaban J connectivity index is 1.98. The Morgan fingerprint density at radius 2 is 1.95 bits per heavy atom. The van der Waals surface area contributed by atoms with Crippen LogP contribution in [-0.2, 0) is 4.79 Å². The van der Waals surface area contributed by atoms with Crippen molar-refractivity contribution in [3.63, 3.8) is 0 Å². The quantitative estimate of drug-likeness (QED) is 0.129. The number of aldehydes is 1. The summed E-state index contributed by atoms with van der Waals surface area (Å²) in [7, 11) is 0. The van der Waals surface area contributed by atoms with Gasteiger partial charge in [0, 0.05) is 17.9 Å². The lowest BCUT2D eigenvalue weighted by Gasteiger charge is -2.57. The Hall–Kier alpha value is -1.79. The molecule has 6 unspecified atom stereocenters. The maximum atomic E-state index is 12.2. The summed E-state index contributed by atoms with van der Waals surface area (Å²) in [4.78, 5) is 11.8. The van der Waals surface area contributed by atoms with Gasteiger partial charge in [0.15, 0.2) is 0 Å². The van der Waals surface area contributed by atoms with E-state index in [1.165, 1.54) is 5.57 Å². The second kappa shape index (κ2) is 12.8. The van der Waals surface area contributed by atoms with Gasteiger partial charge in [0.1, 0.15) is 6.29 Å². The van der Waals surface area contributed by atoms with Gasteiger partial charge in [0.05, 0.1) is 18.3 Å². The summed E-state index contributed by atoms with van der Waals surface area (Å²) in [6.45, 7) is 10.0. The van der Waals surface area contributed by atoms with Crippen molar-refractivity contribution in [3.8, 4) is 0 Å². The van der Waals surface area contributed by atoms with Crippen molar-refractivity contribution in [3.05, 3.63) is 58.7 Å². The molecule has 0 aromatic heterocycles. The highest BCUT2D eigenvalue weighted by atomic mass is 16.3. The van der Waals surface area contributed by atoms with E-state index in [2.05, 4.69) is 26.5 Å². The molecule has 4 N–H and O–H groups in total. The molecule has 3 rings (SSSR count). The lowest BCUT2D eigenvalue weighted by molar-refractivity contribution is -0.180. The Labute approximate surface area is 223 Å². The van der Waals surface area contributed by atoms with E-state index in [9.17, 15) is 25.2 Å². The van der Waals surface area contributed by atoms with E-state index in [1.54, 1.807) is 0 Å². The number of carbonyl (C=O) groups excluding carboxylic acids is 1. The maximum Gasteiger partial charge on any atom is 0.145 e. The Morgan fingerprint density at radius 1 is 1.19 bits per heavy atom. The predicted octanol–water partition coefficient (Wildman–Crippen LogP) is 5.36. The van der Waals surface area contributed by atoms with Gasteiger partial charge in [0.25, 0.3) is 0 Å². The van der Waals surface area contributed by atoms with Gasteiger partial charge >= 0.3 is 0 Å². The van der Waals surface area contributed by atoms with E-state index in [4.69, 9.17) is 0 Å². The van der Waals surface area contributed by atoms with Crippen LogP contribution in [-0.4, -0.2) is 51.6 Å². The van der Waals surface area contributed by atoms with E-state index >= 15 is 0 Å². The minimum absolute atomic E-state index is 0.0332. The summed E-state index contributed by atoms with van der Waals surface area (Å²) in [5.74, 6) is -0.285. The first-order valence-electron chi connectivity index (χ1n) is 14.1. The molecule has 6 atom stereocenters. The van der Waals surface area contributed by atoms with Crippen LogP contribution >= 0.6 is 0 Å². The first-order chi connectivity index (χ1) is 17.6. The molecule has 0 aromatic rings. The minimum Gasteiger partial charge on any atom is -0.396 e. The van der Waals surface area contributed by atoms with Crippen LogP contribution in [0.15, 0.2) is 58.7 Å². The zero-order valence-electron chi connectivity index (χ0n) is 23.1. The molecule has 5 heteroatoms. The number of hydrogen-bond acceptors (Lipinski definition) is 5. The van der Waals surface area contributed by atoms with Gasteiger partial charge in [-0.3, -0.25) is 4.79 Å².